The Labute approximate surface area is 407 Å². The smallest absolute Gasteiger partial charge is 0.0132 e. The molecule has 2 heteroatoms. The molecule has 22 unspecified atom stereocenters. The van der Waals surface area contributed by atoms with E-state index in [-0.39, 0.29) is 0 Å². The molecule has 14 saturated carbocycles. The van der Waals surface area contributed by atoms with Crippen LogP contribution in [0.15, 0.2) is 0 Å². The average molecular weight is 902 g/mol. The van der Waals surface area contributed by atoms with E-state index in [1.54, 1.807) is 218 Å². The molecule has 0 aromatic rings. The normalized spacial score (nSPS) is 53.0. The molecule has 14 aliphatic carbocycles. The van der Waals surface area contributed by atoms with Gasteiger partial charge in [0, 0.05) is 36.3 Å². The van der Waals surface area contributed by atoms with Crippen LogP contribution in [-0.4, -0.2) is 46.1 Å². The lowest BCUT2D eigenvalue weighted by molar-refractivity contribution is -0.161. The third-order valence-corrected chi connectivity index (χ3v) is 27.0. The maximum absolute atomic E-state index is 3.58. The molecule has 0 radical (unpaired) electrons. The van der Waals surface area contributed by atoms with Gasteiger partial charge < -0.3 is 0 Å². The molecular weight excluding hydrogens is 797 g/mol. The third-order valence-electron chi connectivity index (χ3n) is 27.0. The molecule has 0 aliphatic heterocycles. The van der Waals surface area contributed by atoms with E-state index in [1.807, 2.05) is 0 Å². The molecule has 2 nitrogen and oxygen atoms in total. The molecule has 370 valence electrons. The zero-order valence-corrected chi connectivity index (χ0v) is 43.0. The lowest BCUT2D eigenvalue weighted by atomic mass is 9.46. The zero-order chi connectivity index (χ0) is 43.3. The molecule has 22 atom stereocenters. The number of hydrogen-bond acceptors (Lipinski definition) is 2. The van der Waals surface area contributed by atoms with Crippen LogP contribution in [0.3, 0.4) is 0 Å². The fourth-order valence-electron chi connectivity index (χ4n) is 24.8. The standard InChI is InChI=1S/C64H104N2/c1-3-19-53(20-4-1)65(59-23-11-17-47-37-49-33-43-13-7-9-15-45(43)35-51(49)39-57(47)59)61-31-27-41-26-30-56-62(32-28-42-25-29-55(61)63(41)64(42)56)66(54-21-5-2-6-22-54)60-24-12-18-48-38-50-34-44-14-8-10-16-46(44)36-52(50)40-58(48)60/h41-64H,1-40H2. The van der Waals surface area contributed by atoms with Crippen molar-refractivity contribution in [2.75, 3.05) is 0 Å². The van der Waals surface area contributed by atoms with Crippen LogP contribution in [0.5, 0.6) is 0 Å². The highest BCUT2D eigenvalue weighted by atomic mass is 15.2. The Morgan fingerprint density at radius 1 is 0.182 bits per heavy atom. The van der Waals surface area contributed by atoms with Gasteiger partial charge in [0.2, 0.25) is 0 Å². The predicted molar refractivity (Wildman–Crippen MR) is 274 cm³/mol. The Balaban J connectivity index is 0.749. The number of rotatable bonds is 6. The van der Waals surface area contributed by atoms with E-state index in [4.69, 9.17) is 0 Å². The highest BCUT2D eigenvalue weighted by molar-refractivity contribution is 5.12. The van der Waals surface area contributed by atoms with E-state index in [0.29, 0.717) is 0 Å². The lowest BCUT2D eigenvalue weighted by Gasteiger charge is -2.65. The van der Waals surface area contributed by atoms with Gasteiger partial charge in [0.25, 0.3) is 0 Å². The van der Waals surface area contributed by atoms with Crippen molar-refractivity contribution in [1.29, 1.82) is 0 Å². The summed E-state index contributed by atoms with van der Waals surface area (Å²) in [5.41, 5.74) is 0. The van der Waals surface area contributed by atoms with Crippen molar-refractivity contribution < 1.29 is 0 Å². The number of nitrogens with zero attached hydrogens (tertiary/aromatic N) is 2. The molecule has 0 bridgehead atoms. The first kappa shape index (κ1) is 44.6. The minimum atomic E-state index is 0.927. The lowest BCUT2D eigenvalue weighted by Crippen LogP contribution is -2.66. The van der Waals surface area contributed by atoms with Crippen molar-refractivity contribution >= 4 is 0 Å². The van der Waals surface area contributed by atoms with Crippen LogP contribution in [0.25, 0.3) is 0 Å². The summed E-state index contributed by atoms with van der Waals surface area (Å²) in [4.78, 5) is 7.17. The van der Waals surface area contributed by atoms with Crippen LogP contribution in [0.4, 0.5) is 0 Å². The van der Waals surface area contributed by atoms with Crippen LogP contribution in [0.1, 0.15) is 257 Å². The molecule has 0 saturated heterocycles. The molecule has 0 heterocycles. The monoisotopic (exact) mass is 901 g/mol. The minimum absolute atomic E-state index is 0.927. The van der Waals surface area contributed by atoms with Crippen molar-refractivity contribution in [3.63, 3.8) is 0 Å². The summed E-state index contributed by atoms with van der Waals surface area (Å²) >= 11 is 0. The second-order valence-corrected chi connectivity index (χ2v) is 29.3. The highest BCUT2D eigenvalue weighted by Gasteiger charge is 2.60. The summed E-state index contributed by atoms with van der Waals surface area (Å²) in [6.45, 7) is 0. The van der Waals surface area contributed by atoms with Crippen molar-refractivity contribution in [3.05, 3.63) is 0 Å². The predicted octanol–water partition coefficient (Wildman–Crippen LogP) is 16.7. The third kappa shape index (κ3) is 7.99. The molecule has 14 fully saturated rings. The first-order valence-electron chi connectivity index (χ1n) is 32.2. The zero-order valence-electron chi connectivity index (χ0n) is 43.0. The van der Waals surface area contributed by atoms with Gasteiger partial charge in [-0.25, -0.2) is 0 Å². The van der Waals surface area contributed by atoms with Gasteiger partial charge in [-0.3, -0.25) is 9.80 Å². The van der Waals surface area contributed by atoms with Gasteiger partial charge in [0.05, 0.1) is 0 Å². The first-order chi connectivity index (χ1) is 32.7. The summed E-state index contributed by atoms with van der Waals surface area (Å²) < 4.78 is 0. The van der Waals surface area contributed by atoms with Gasteiger partial charge in [-0.2, -0.15) is 0 Å². The highest BCUT2D eigenvalue weighted by Crippen LogP contribution is 2.64. The Morgan fingerprint density at radius 3 is 0.909 bits per heavy atom. The van der Waals surface area contributed by atoms with E-state index in [2.05, 4.69) is 9.80 Å². The van der Waals surface area contributed by atoms with Crippen molar-refractivity contribution in [3.8, 4) is 0 Å². The minimum Gasteiger partial charge on any atom is -0.294 e. The van der Waals surface area contributed by atoms with Crippen LogP contribution in [-0.2, 0) is 0 Å². The maximum Gasteiger partial charge on any atom is 0.0132 e. The largest absolute Gasteiger partial charge is 0.294 e. The second-order valence-electron chi connectivity index (χ2n) is 29.3. The summed E-state index contributed by atoms with van der Waals surface area (Å²) in [5.74, 6) is 19.5. The van der Waals surface area contributed by atoms with Crippen molar-refractivity contribution in [1.82, 2.24) is 9.80 Å². The average Bonchev–Trinajstić information content (AvgIpc) is 3.37. The van der Waals surface area contributed by atoms with Crippen LogP contribution < -0.4 is 0 Å². The van der Waals surface area contributed by atoms with Gasteiger partial charge in [-0.1, -0.05) is 116 Å². The van der Waals surface area contributed by atoms with Gasteiger partial charge in [-0.15, -0.1) is 0 Å². The summed E-state index contributed by atoms with van der Waals surface area (Å²) in [6.07, 6.45) is 63.7. The quantitative estimate of drug-likeness (QED) is 0.262. The molecular formula is C64H104N2. The second kappa shape index (κ2) is 19.1. The van der Waals surface area contributed by atoms with E-state index in [0.717, 1.165) is 143 Å². The van der Waals surface area contributed by atoms with Crippen molar-refractivity contribution in [2.24, 2.45) is 107 Å². The van der Waals surface area contributed by atoms with Gasteiger partial charge in [0.1, 0.15) is 0 Å². The number of fused-ring (bicyclic) bond motifs is 6. The van der Waals surface area contributed by atoms with Gasteiger partial charge in [0.15, 0.2) is 0 Å². The molecule has 14 aliphatic rings. The van der Waals surface area contributed by atoms with Gasteiger partial charge >= 0.3 is 0 Å². The summed E-state index contributed by atoms with van der Waals surface area (Å²) in [7, 11) is 0. The number of hydrogen-bond donors (Lipinski definition) is 0. The van der Waals surface area contributed by atoms with Crippen LogP contribution in [0, 0.1) is 107 Å². The fourth-order valence-corrected chi connectivity index (χ4v) is 24.8. The first-order valence-corrected chi connectivity index (χ1v) is 32.2. The van der Waals surface area contributed by atoms with Gasteiger partial charge in [-0.05, 0) is 248 Å². The van der Waals surface area contributed by atoms with Crippen LogP contribution in [0.2, 0.25) is 0 Å². The fraction of sp³-hybridized carbons (Fsp3) is 1.00. The molecule has 66 heavy (non-hydrogen) atoms. The van der Waals surface area contributed by atoms with Crippen molar-refractivity contribution in [2.45, 2.75) is 293 Å². The Bertz CT molecular complexity index is 1510. The Hall–Kier alpha value is -0.0800. The summed E-state index contributed by atoms with van der Waals surface area (Å²) in [6, 6.07) is 5.62. The van der Waals surface area contributed by atoms with E-state index in [9.17, 15) is 0 Å². The molecule has 0 spiro atoms. The van der Waals surface area contributed by atoms with Crippen LogP contribution >= 0.6 is 0 Å². The maximum atomic E-state index is 3.58. The molecule has 0 N–H and O–H groups in total. The summed E-state index contributed by atoms with van der Waals surface area (Å²) in [5, 5.41) is 0. The Kier molecular flexibility index (Phi) is 12.9. The molecule has 14 rings (SSSR count). The SMILES string of the molecule is C1CCC(N(C2CCCC3CC4CC5CCCCC5CC4CC32)C2CCC3CCC4C5C(CCC2C35)CCC4N(C2CCCCC2)C2CCCC3CC4CC5CCCCC5CC4CC32)CC1. The van der Waals surface area contributed by atoms with E-state index < -0.39 is 0 Å². The van der Waals surface area contributed by atoms with E-state index >= 15 is 0 Å². The topological polar surface area (TPSA) is 6.48 Å². The Morgan fingerprint density at radius 2 is 0.500 bits per heavy atom. The molecule has 0 aromatic carbocycles. The molecule has 0 aromatic heterocycles. The molecule has 0 amide bonds. The van der Waals surface area contributed by atoms with E-state index in [1.165, 1.54) is 38.5 Å².